The van der Waals surface area contributed by atoms with Gasteiger partial charge in [-0.25, -0.2) is 4.98 Å². The molecule has 0 aromatic carbocycles. The highest BCUT2D eigenvalue weighted by Crippen LogP contribution is 2.24. The number of nitrogens with one attached hydrogen (secondary N) is 1. The highest BCUT2D eigenvalue weighted by molar-refractivity contribution is 7.15. The zero-order chi connectivity index (χ0) is 14.8. The number of carbonyl (C=O) groups is 1. The van der Waals surface area contributed by atoms with Crippen molar-refractivity contribution in [1.29, 1.82) is 0 Å². The predicted octanol–water partition coefficient (Wildman–Crippen LogP) is 1.58. The van der Waals surface area contributed by atoms with Crippen LogP contribution in [-0.2, 0) is 7.05 Å². The van der Waals surface area contributed by atoms with Gasteiger partial charge in [0.15, 0.2) is 5.13 Å². The second-order valence-electron chi connectivity index (χ2n) is 5.36. The minimum absolute atomic E-state index is 0.0841. The summed E-state index contributed by atoms with van der Waals surface area (Å²) in [6.45, 7) is 3.93. The molecule has 2 aromatic heterocycles. The first-order valence-corrected chi connectivity index (χ1v) is 7.91. The van der Waals surface area contributed by atoms with Gasteiger partial charge in [0.25, 0.3) is 5.91 Å². The first kappa shape index (κ1) is 14.1. The van der Waals surface area contributed by atoms with E-state index in [4.69, 9.17) is 0 Å². The second kappa shape index (κ2) is 5.85. The zero-order valence-corrected chi connectivity index (χ0v) is 13.1. The number of amides is 1. The first-order valence-electron chi connectivity index (χ1n) is 7.10. The van der Waals surface area contributed by atoms with Crippen molar-refractivity contribution in [3.63, 3.8) is 0 Å². The Balaban J connectivity index is 1.53. The molecule has 0 saturated carbocycles. The third kappa shape index (κ3) is 3.24. The molecule has 7 heteroatoms. The number of anilines is 1. The van der Waals surface area contributed by atoms with Gasteiger partial charge in [0.05, 0.1) is 0 Å². The van der Waals surface area contributed by atoms with Gasteiger partial charge in [0.1, 0.15) is 5.69 Å². The molecule has 1 saturated heterocycles. The number of carbonyl (C=O) groups excluding carboxylic acids is 1. The van der Waals surface area contributed by atoms with E-state index in [1.54, 1.807) is 28.3 Å². The summed E-state index contributed by atoms with van der Waals surface area (Å²) in [6, 6.07) is 1.96. The van der Waals surface area contributed by atoms with Crippen LogP contribution in [0.5, 0.6) is 0 Å². The number of rotatable bonds is 3. The van der Waals surface area contributed by atoms with Crippen LogP contribution in [0.1, 0.15) is 28.2 Å². The summed E-state index contributed by atoms with van der Waals surface area (Å²) in [5, 5.41) is 8.28. The average molecular weight is 305 g/mol. The second-order valence-corrected chi connectivity index (χ2v) is 6.58. The molecule has 1 N–H and O–H groups in total. The van der Waals surface area contributed by atoms with E-state index in [1.807, 2.05) is 13.2 Å². The highest BCUT2D eigenvalue weighted by Gasteiger charge is 2.23. The van der Waals surface area contributed by atoms with Crippen molar-refractivity contribution in [2.45, 2.75) is 25.8 Å². The Morgan fingerprint density at radius 1 is 1.43 bits per heavy atom. The predicted molar refractivity (Wildman–Crippen MR) is 82.8 cm³/mol. The molecular weight excluding hydrogens is 286 g/mol. The van der Waals surface area contributed by atoms with Crippen molar-refractivity contribution in [3.8, 4) is 0 Å². The maximum atomic E-state index is 12.1. The van der Waals surface area contributed by atoms with Crippen molar-refractivity contribution in [2.75, 3.05) is 18.0 Å². The number of aryl methyl sites for hydroxylation is 2. The van der Waals surface area contributed by atoms with Gasteiger partial charge >= 0.3 is 0 Å². The van der Waals surface area contributed by atoms with Crippen molar-refractivity contribution in [3.05, 3.63) is 29.0 Å². The Morgan fingerprint density at radius 3 is 2.76 bits per heavy atom. The van der Waals surface area contributed by atoms with Crippen molar-refractivity contribution in [2.24, 2.45) is 7.05 Å². The minimum Gasteiger partial charge on any atom is -0.348 e. The summed E-state index contributed by atoms with van der Waals surface area (Å²) in [5.74, 6) is -0.0841. The smallest absolute Gasteiger partial charge is 0.271 e. The zero-order valence-electron chi connectivity index (χ0n) is 12.2. The van der Waals surface area contributed by atoms with Crippen molar-refractivity contribution < 1.29 is 4.79 Å². The van der Waals surface area contributed by atoms with Gasteiger partial charge in [0.2, 0.25) is 0 Å². The number of hydrogen-bond donors (Lipinski definition) is 1. The van der Waals surface area contributed by atoms with Gasteiger partial charge in [0, 0.05) is 43.4 Å². The standard InChI is InChI=1S/C14H19N5OS/c1-10-9-15-14(21-10)19-7-3-11(4-8-19)16-13(20)12-5-6-18(2)17-12/h5-6,9,11H,3-4,7-8H2,1-2H3,(H,16,20). The Kier molecular flexibility index (Phi) is 3.92. The lowest BCUT2D eigenvalue weighted by molar-refractivity contribution is 0.0925. The van der Waals surface area contributed by atoms with E-state index in [-0.39, 0.29) is 11.9 Å². The Labute approximate surface area is 127 Å². The van der Waals surface area contributed by atoms with Gasteiger partial charge in [-0.2, -0.15) is 5.10 Å². The van der Waals surface area contributed by atoms with E-state index in [2.05, 4.69) is 27.2 Å². The van der Waals surface area contributed by atoms with E-state index in [0.29, 0.717) is 5.69 Å². The van der Waals surface area contributed by atoms with Crippen LogP contribution in [0.15, 0.2) is 18.5 Å². The molecule has 21 heavy (non-hydrogen) atoms. The van der Waals surface area contributed by atoms with E-state index < -0.39 is 0 Å². The maximum Gasteiger partial charge on any atom is 0.271 e. The number of aromatic nitrogens is 3. The molecule has 0 aliphatic carbocycles. The Bertz CT molecular complexity index is 627. The summed E-state index contributed by atoms with van der Waals surface area (Å²) < 4.78 is 1.64. The average Bonchev–Trinajstić information content (AvgIpc) is 3.08. The van der Waals surface area contributed by atoms with Gasteiger partial charge in [-0.3, -0.25) is 9.48 Å². The molecule has 0 atom stereocenters. The quantitative estimate of drug-likeness (QED) is 0.935. The molecule has 1 aliphatic heterocycles. The van der Waals surface area contributed by atoms with Crippen LogP contribution in [-0.4, -0.2) is 39.8 Å². The summed E-state index contributed by atoms with van der Waals surface area (Å²) in [6.07, 6.45) is 5.58. The SMILES string of the molecule is Cc1cnc(N2CCC(NC(=O)c3ccn(C)n3)CC2)s1. The minimum atomic E-state index is -0.0841. The summed E-state index contributed by atoms with van der Waals surface area (Å²) in [5.41, 5.74) is 0.482. The Morgan fingerprint density at radius 2 is 2.19 bits per heavy atom. The van der Waals surface area contributed by atoms with Crippen LogP contribution >= 0.6 is 11.3 Å². The Hall–Kier alpha value is -1.89. The monoisotopic (exact) mass is 305 g/mol. The van der Waals surface area contributed by atoms with E-state index >= 15 is 0 Å². The maximum absolute atomic E-state index is 12.1. The van der Waals surface area contributed by atoms with Gasteiger partial charge in [-0.05, 0) is 25.8 Å². The molecular formula is C14H19N5OS. The molecule has 112 valence electrons. The van der Waals surface area contributed by atoms with Crippen LogP contribution in [0, 0.1) is 6.92 Å². The lowest BCUT2D eigenvalue weighted by Crippen LogP contribution is -2.44. The fraction of sp³-hybridized carbons (Fsp3) is 0.500. The molecule has 0 unspecified atom stereocenters. The van der Waals surface area contributed by atoms with Gasteiger partial charge in [-0.1, -0.05) is 0 Å². The lowest BCUT2D eigenvalue weighted by Gasteiger charge is -2.32. The van der Waals surface area contributed by atoms with E-state index in [0.717, 1.165) is 31.1 Å². The third-order valence-electron chi connectivity index (χ3n) is 3.66. The molecule has 3 rings (SSSR count). The summed E-state index contributed by atoms with van der Waals surface area (Å²) in [7, 11) is 1.81. The third-order valence-corrected chi connectivity index (χ3v) is 4.63. The first-order chi connectivity index (χ1) is 10.1. The number of nitrogens with zero attached hydrogens (tertiary/aromatic N) is 4. The molecule has 1 fully saturated rings. The van der Waals surface area contributed by atoms with Crippen molar-refractivity contribution >= 4 is 22.4 Å². The largest absolute Gasteiger partial charge is 0.348 e. The summed E-state index contributed by atoms with van der Waals surface area (Å²) in [4.78, 5) is 20.0. The normalized spacial score (nSPS) is 16.2. The molecule has 6 nitrogen and oxygen atoms in total. The van der Waals surface area contributed by atoms with Gasteiger partial charge < -0.3 is 10.2 Å². The lowest BCUT2D eigenvalue weighted by atomic mass is 10.1. The molecule has 1 aliphatic rings. The molecule has 0 spiro atoms. The fourth-order valence-electron chi connectivity index (χ4n) is 2.50. The topological polar surface area (TPSA) is 63.1 Å². The van der Waals surface area contributed by atoms with Gasteiger partial charge in [-0.15, -0.1) is 11.3 Å². The van der Waals surface area contributed by atoms with Crippen LogP contribution in [0.3, 0.4) is 0 Å². The number of hydrogen-bond acceptors (Lipinski definition) is 5. The van der Waals surface area contributed by atoms with Crippen LogP contribution < -0.4 is 10.2 Å². The van der Waals surface area contributed by atoms with E-state index in [9.17, 15) is 4.79 Å². The molecule has 3 heterocycles. The summed E-state index contributed by atoms with van der Waals surface area (Å²) >= 11 is 1.72. The van der Waals surface area contributed by atoms with Crippen LogP contribution in [0.25, 0.3) is 0 Å². The van der Waals surface area contributed by atoms with Crippen LogP contribution in [0.4, 0.5) is 5.13 Å². The highest BCUT2D eigenvalue weighted by atomic mass is 32.1. The molecule has 2 aromatic rings. The molecule has 1 amide bonds. The number of thiazole rings is 1. The molecule has 0 bridgehead atoms. The van der Waals surface area contributed by atoms with Crippen LogP contribution in [0.2, 0.25) is 0 Å². The van der Waals surface area contributed by atoms with E-state index in [1.165, 1.54) is 4.88 Å². The number of piperidine rings is 1. The fourth-order valence-corrected chi connectivity index (χ4v) is 3.31. The van der Waals surface area contributed by atoms with Crippen molar-refractivity contribution in [1.82, 2.24) is 20.1 Å². The molecule has 0 radical (unpaired) electrons.